The average Bonchev–Trinajstić information content (AvgIpc) is 3.96. The van der Waals surface area contributed by atoms with Gasteiger partial charge in [-0.15, -0.1) is 0 Å². The highest BCUT2D eigenvalue weighted by Gasteiger charge is 2.61. The highest BCUT2D eigenvalue weighted by atomic mass is 16.5. The van der Waals surface area contributed by atoms with Crippen molar-refractivity contribution in [2.75, 3.05) is 5.32 Å². The standard InChI is InChI=1S/C42H37N5O5/c1-5-8-21(4)37(48)44-29-18-22-13-16-30-28(17-22)42-27-12-7-11-25(34(27)47-41(42)51-30)24-10-6-9-23-14-15-26(32(23)24)31-19-43-39(50-31)35-36(42)52-40(46-35)33(20(2)3)45-38(29)49/h6-13,15-17,19-20,29,33,41,47H,5,14,18H2,1-4H3,(H,44,48)(H,45,49)/b21-8+. The molecule has 0 saturated carbocycles. The van der Waals surface area contributed by atoms with Crippen molar-refractivity contribution in [2.24, 2.45) is 5.92 Å². The number of para-hydroxylation sites is 1. The molecule has 0 fully saturated rings. The first-order valence-corrected chi connectivity index (χ1v) is 18.0. The third-order valence-corrected chi connectivity index (χ3v) is 11.2. The molecule has 260 valence electrons. The van der Waals surface area contributed by atoms with E-state index in [2.05, 4.69) is 64.5 Å². The Morgan fingerprint density at radius 1 is 1.08 bits per heavy atom. The second-order valence-corrected chi connectivity index (χ2v) is 14.7. The second kappa shape index (κ2) is 11.0. The number of aromatic nitrogens is 2. The molecule has 10 bridgehead atoms. The molecule has 3 aromatic carbocycles. The fourth-order valence-electron chi connectivity index (χ4n) is 8.78. The van der Waals surface area contributed by atoms with Crippen molar-refractivity contribution in [1.82, 2.24) is 20.6 Å². The molecule has 5 aromatic rings. The van der Waals surface area contributed by atoms with Crippen LogP contribution in [0.3, 0.4) is 0 Å². The summed E-state index contributed by atoms with van der Waals surface area (Å²) in [6.07, 6.45) is 6.99. The summed E-state index contributed by atoms with van der Waals surface area (Å²) in [7, 11) is 0. The third kappa shape index (κ3) is 4.17. The minimum Gasteiger partial charge on any atom is -0.469 e. The number of anilines is 1. The number of carbonyl (C=O) groups excluding carboxylic acids is 2. The summed E-state index contributed by atoms with van der Waals surface area (Å²) < 4.78 is 20.5. The first kappa shape index (κ1) is 30.9. The Morgan fingerprint density at radius 3 is 2.77 bits per heavy atom. The van der Waals surface area contributed by atoms with Gasteiger partial charge in [0.25, 0.3) is 0 Å². The lowest BCUT2D eigenvalue weighted by molar-refractivity contribution is -0.128. The highest BCUT2D eigenvalue weighted by Crippen LogP contribution is 2.61. The first-order valence-electron chi connectivity index (χ1n) is 18.0. The van der Waals surface area contributed by atoms with Crippen LogP contribution in [-0.2, 0) is 27.8 Å². The molecular weight excluding hydrogens is 654 g/mol. The van der Waals surface area contributed by atoms with Gasteiger partial charge in [-0.25, -0.2) is 9.97 Å². The number of benzene rings is 3. The van der Waals surface area contributed by atoms with Gasteiger partial charge in [-0.05, 0) is 54.0 Å². The van der Waals surface area contributed by atoms with E-state index in [1.807, 2.05) is 39.0 Å². The number of carbonyl (C=O) groups is 2. The Morgan fingerprint density at radius 2 is 1.92 bits per heavy atom. The zero-order valence-corrected chi connectivity index (χ0v) is 29.3. The Balaban J connectivity index is 1.27. The van der Waals surface area contributed by atoms with Crippen LogP contribution in [0.15, 0.2) is 87.4 Å². The molecule has 4 unspecified atom stereocenters. The Kier molecular flexibility index (Phi) is 6.56. The zero-order valence-electron chi connectivity index (χ0n) is 29.3. The number of hydrogen-bond donors (Lipinski definition) is 3. The van der Waals surface area contributed by atoms with Crippen molar-refractivity contribution in [3.63, 3.8) is 0 Å². The number of nitrogens with one attached hydrogen (secondary N) is 3. The molecule has 10 heteroatoms. The summed E-state index contributed by atoms with van der Waals surface area (Å²) in [6, 6.07) is 17.3. The van der Waals surface area contributed by atoms with E-state index < -0.39 is 23.7 Å². The van der Waals surface area contributed by atoms with Crippen molar-refractivity contribution in [2.45, 2.75) is 70.7 Å². The van der Waals surface area contributed by atoms with Crippen LogP contribution in [0.1, 0.15) is 85.4 Å². The summed E-state index contributed by atoms with van der Waals surface area (Å²) in [5.74, 6) is 1.78. The van der Waals surface area contributed by atoms with Gasteiger partial charge >= 0.3 is 0 Å². The van der Waals surface area contributed by atoms with Crippen molar-refractivity contribution in [3.8, 4) is 28.5 Å². The summed E-state index contributed by atoms with van der Waals surface area (Å²) in [6.45, 7) is 7.76. The van der Waals surface area contributed by atoms with E-state index in [4.69, 9.17) is 23.5 Å². The van der Waals surface area contributed by atoms with Gasteiger partial charge in [-0.2, -0.15) is 0 Å². The van der Waals surface area contributed by atoms with E-state index in [9.17, 15) is 9.59 Å². The molecule has 3 N–H and O–H groups in total. The third-order valence-electron chi connectivity index (χ3n) is 11.2. The molecule has 5 aliphatic rings. The molecular formula is C42H37N5O5. The highest BCUT2D eigenvalue weighted by molar-refractivity contribution is 5.98. The summed E-state index contributed by atoms with van der Waals surface area (Å²) in [5.41, 5.74) is 9.16. The van der Waals surface area contributed by atoms with Gasteiger partial charge in [0.15, 0.2) is 23.4 Å². The van der Waals surface area contributed by atoms with Gasteiger partial charge in [-0.3, -0.25) is 9.59 Å². The predicted molar refractivity (Wildman–Crippen MR) is 194 cm³/mol. The van der Waals surface area contributed by atoms with E-state index >= 15 is 0 Å². The molecule has 0 saturated heterocycles. The molecule has 4 atom stereocenters. The maximum absolute atomic E-state index is 14.2. The van der Waals surface area contributed by atoms with Crippen LogP contribution >= 0.6 is 0 Å². The second-order valence-electron chi connectivity index (χ2n) is 14.7. The van der Waals surface area contributed by atoms with Crippen LogP contribution in [-0.4, -0.2) is 34.1 Å². The van der Waals surface area contributed by atoms with E-state index in [-0.39, 0.29) is 24.2 Å². The van der Waals surface area contributed by atoms with Crippen LogP contribution in [0.4, 0.5) is 5.69 Å². The molecule has 1 spiro atoms. The van der Waals surface area contributed by atoms with Gasteiger partial charge in [0.05, 0.1) is 6.20 Å². The number of allylic oxidation sites excluding steroid dienone is 2. The number of hydrogen-bond acceptors (Lipinski definition) is 8. The van der Waals surface area contributed by atoms with Crippen LogP contribution < -0.4 is 20.7 Å². The number of ether oxygens (including phenoxy) is 1. The van der Waals surface area contributed by atoms with Gasteiger partial charge in [0.1, 0.15) is 23.2 Å². The number of amides is 2. The minimum absolute atomic E-state index is 0.120. The summed E-state index contributed by atoms with van der Waals surface area (Å²) >= 11 is 0. The molecule has 0 radical (unpaired) electrons. The van der Waals surface area contributed by atoms with Crippen molar-refractivity contribution in [1.29, 1.82) is 0 Å². The minimum atomic E-state index is -1.01. The van der Waals surface area contributed by atoms with Crippen LogP contribution in [0.5, 0.6) is 5.75 Å². The molecule has 4 aliphatic heterocycles. The molecule has 10 rings (SSSR count). The smallest absolute Gasteiger partial charge is 0.249 e. The molecule has 10 nitrogen and oxygen atoms in total. The molecule has 1 aliphatic carbocycles. The van der Waals surface area contributed by atoms with E-state index in [0.29, 0.717) is 46.7 Å². The predicted octanol–water partition coefficient (Wildman–Crippen LogP) is 6.99. The number of fused-ring (bicyclic) bond motifs is 7. The van der Waals surface area contributed by atoms with Gasteiger partial charge in [-0.1, -0.05) is 81.5 Å². The van der Waals surface area contributed by atoms with Crippen LogP contribution in [0.2, 0.25) is 0 Å². The average molecular weight is 692 g/mol. The number of rotatable bonds is 4. The molecule has 2 amide bonds. The lowest BCUT2D eigenvalue weighted by Gasteiger charge is -2.29. The van der Waals surface area contributed by atoms with E-state index in [1.54, 1.807) is 13.1 Å². The molecule has 6 heterocycles. The molecule has 2 aromatic heterocycles. The van der Waals surface area contributed by atoms with Crippen LogP contribution in [0, 0.1) is 5.92 Å². The summed E-state index contributed by atoms with van der Waals surface area (Å²) in [4.78, 5) is 37.5. The fraction of sp³-hybridized carbons (Fsp3) is 0.286. The SMILES string of the molecule is CC/C=C(\C)C(=O)NC1Cc2ccc3c(c2)C24c5cccc(c5NC2O3)-c2cccc3c2C(=CC3)c2cnc(o2)-c2nc(oc24)C(C(C)C)NC1=O. The van der Waals surface area contributed by atoms with Crippen molar-refractivity contribution < 1.29 is 23.2 Å². The number of oxazole rings is 2. The van der Waals surface area contributed by atoms with E-state index in [1.165, 1.54) is 5.56 Å². The summed E-state index contributed by atoms with van der Waals surface area (Å²) in [5, 5.41) is 10.0. The lowest BCUT2D eigenvalue weighted by Crippen LogP contribution is -2.49. The van der Waals surface area contributed by atoms with Gasteiger partial charge in [0.2, 0.25) is 23.6 Å². The topological polar surface area (TPSA) is 132 Å². The number of nitrogens with zero attached hydrogens (tertiary/aromatic N) is 2. The quantitative estimate of drug-likeness (QED) is 0.172. The van der Waals surface area contributed by atoms with Crippen molar-refractivity contribution >= 4 is 23.1 Å². The fourth-order valence-corrected chi connectivity index (χ4v) is 8.78. The zero-order chi connectivity index (χ0) is 35.5. The van der Waals surface area contributed by atoms with Crippen LogP contribution in [0.25, 0.3) is 28.3 Å². The van der Waals surface area contributed by atoms with E-state index in [0.717, 1.165) is 51.1 Å². The van der Waals surface area contributed by atoms with Gasteiger partial charge in [0, 0.05) is 39.9 Å². The Labute approximate surface area is 300 Å². The molecule has 52 heavy (non-hydrogen) atoms. The Bertz CT molecular complexity index is 2430. The maximum Gasteiger partial charge on any atom is 0.249 e. The lowest BCUT2D eigenvalue weighted by atomic mass is 9.72. The van der Waals surface area contributed by atoms with Crippen molar-refractivity contribution in [3.05, 3.63) is 124 Å². The Hall–Kier alpha value is -5.90. The van der Waals surface area contributed by atoms with Gasteiger partial charge < -0.3 is 29.5 Å². The normalized spacial score (nSPS) is 23.0. The maximum atomic E-state index is 14.2. The monoisotopic (exact) mass is 691 g/mol. The first-order chi connectivity index (χ1) is 25.3. The largest absolute Gasteiger partial charge is 0.469 e.